The molecule has 0 aliphatic heterocycles. The predicted molar refractivity (Wildman–Crippen MR) is 55.1 cm³/mol. The Labute approximate surface area is 90.0 Å². The van der Waals surface area contributed by atoms with Crippen molar-refractivity contribution in [1.82, 2.24) is 15.0 Å². The molecule has 2 heterocycles. The monoisotopic (exact) mass is 223 g/mol. The maximum Gasteiger partial charge on any atom is 0.358 e. The molecule has 0 saturated carbocycles. The van der Waals surface area contributed by atoms with Gasteiger partial charge in [-0.05, 0) is 29.3 Å². The van der Waals surface area contributed by atoms with Crippen LogP contribution < -0.4 is 0 Å². The summed E-state index contributed by atoms with van der Waals surface area (Å²) >= 11 is 1.60. The summed E-state index contributed by atoms with van der Waals surface area (Å²) in [4.78, 5) is 10.7. The lowest BCUT2D eigenvalue weighted by atomic mass is 10.3. The third kappa shape index (κ3) is 1.89. The average Bonchev–Trinajstić information content (AvgIpc) is 2.78. The number of aromatic nitrogens is 3. The first kappa shape index (κ1) is 9.85. The normalized spacial score (nSPS) is 10.5. The molecule has 0 radical (unpaired) electrons. The number of hydrogen-bond donors (Lipinski definition) is 1. The molecule has 2 rings (SSSR count). The van der Waals surface area contributed by atoms with Crippen molar-refractivity contribution in [3.05, 3.63) is 33.8 Å². The number of thiophene rings is 1. The first-order valence-electron chi connectivity index (χ1n) is 4.33. The minimum absolute atomic E-state index is 0.0187. The van der Waals surface area contributed by atoms with Crippen LogP contribution in [0.25, 0.3) is 0 Å². The molecule has 2 aromatic rings. The van der Waals surface area contributed by atoms with Gasteiger partial charge in [0.25, 0.3) is 0 Å². The van der Waals surface area contributed by atoms with Crippen molar-refractivity contribution < 1.29 is 9.90 Å². The Hall–Kier alpha value is -1.69. The van der Waals surface area contributed by atoms with Crippen molar-refractivity contribution in [2.75, 3.05) is 0 Å². The zero-order valence-electron chi connectivity index (χ0n) is 8.04. The van der Waals surface area contributed by atoms with Gasteiger partial charge in [0, 0.05) is 0 Å². The highest BCUT2D eigenvalue weighted by atomic mass is 32.1. The van der Waals surface area contributed by atoms with E-state index in [0.717, 1.165) is 5.56 Å². The fourth-order valence-electron chi connectivity index (χ4n) is 1.26. The second-order valence-electron chi connectivity index (χ2n) is 3.12. The molecule has 15 heavy (non-hydrogen) atoms. The SMILES string of the molecule is Cc1c(C(=O)O)nnn1Cc1ccsc1. The maximum absolute atomic E-state index is 10.7. The summed E-state index contributed by atoms with van der Waals surface area (Å²) in [7, 11) is 0. The van der Waals surface area contributed by atoms with Crippen molar-refractivity contribution in [2.24, 2.45) is 0 Å². The Morgan fingerprint density at radius 3 is 3.00 bits per heavy atom. The molecule has 6 heteroatoms. The smallest absolute Gasteiger partial charge is 0.358 e. The van der Waals surface area contributed by atoms with Crippen molar-refractivity contribution in [2.45, 2.75) is 13.5 Å². The number of carboxylic acid groups (broad SMARTS) is 1. The summed E-state index contributed by atoms with van der Waals surface area (Å²) in [5.41, 5.74) is 1.70. The lowest BCUT2D eigenvalue weighted by molar-refractivity contribution is 0.0689. The minimum atomic E-state index is -1.04. The summed E-state index contributed by atoms with van der Waals surface area (Å²) in [6.07, 6.45) is 0. The number of carbonyl (C=O) groups is 1. The van der Waals surface area contributed by atoms with E-state index in [4.69, 9.17) is 5.11 Å². The van der Waals surface area contributed by atoms with Crippen LogP contribution in [0.4, 0.5) is 0 Å². The average molecular weight is 223 g/mol. The summed E-state index contributed by atoms with van der Waals surface area (Å²) in [5, 5.41) is 20.2. The number of nitrogens with zero attached hydrogens (tertiary/aromatic N) is 3. The lowest BCUT2D eigenvalue weighted by Gasteiger charge is -2.00. The third-order valence-corrected chi connectivity index (χ3v) is 2.83. The van der Waals surface area contributed by atoms with Gasteiger partial charge in [-0.3, -0.25) is 0 Å². The maximum atomic E-state index is 10.7. The first-order chi connectivity index (χ1) is 7.18. The van der Waals surface area contributed by atoms with Gasteiger partial charge in [0.2, 0.25) is 0 Å². The van der Waals surface area contributed by atoms with Gasteiger partial charge in [0.1, 0.15) is 0 Å². The second kappa shape index (κ2) is 3.82. The van der Waals surface area contributed by atoms with Crippen LogP contribution in [0.1, 0.15) is 21.7 Å². The molecule has 0 aromatic carbocycles. The number of carboxylic acids is 1. The largest absolute Gasteiger partial charge is 0.476 e. The summed E-state index contributed by atoms with van der Waals surface area (Å²) in [6.45, 7) is 2.27. The van der Waals surface area contributed by atoms with E-state index in [-0.39, 0.29) is 5.69 Å². The number of aromatic carboxylic acids is 1. The molecule has 1 N–H and O–H groups in total. The Kier molecular flexibility index (Phi) is 2.51. The highest BCUT2D eigenvalue weighted by Crippen LogP contribution is 2.10. The zero-order chi connectivity index (χ0) is 10.8. The Morgan fingerprint density at radius 2 is 2.47 bits per heavy atom. The molecule has 0 atom stereocenters. The van der Waals surface area contributed by atoms with E-state index in [1.54, 1.807) is 22.9 Å². The molecular formula is C9H9N3O2S. The molecule has 0 aliphatic carbocycles. The second-order valence-corrected chi connectivity index (χ2v) is 3.90. The Morgan fingerprint density at radius 1 is 1.67 bits per heavy atom. The molecule has 5 nitrogen and oxygen atoms in total. The zero-order valence-corrected chi connectivity index (χ0v) is 8.86. The Balaban J connectivity index is 2.27. The third-order valence-electron chi connectivity index (χ3n) is 2.10. The highest BCUT2D eigenvalue weighted by Gasteiger charge is 2.14. The molecule has 78 valence electrons. The van der Waals surface area contributed by atoms with Crippen molar-refractivity contribution in [3.8, 4) is 0 Å². The van der Waals surface area contributed by atoms with E-state index in [1.807, 2.05) is 16.8 Å². The van der Waals surface area contributed by atoms with E-state index in [2.05, 4.69) is 10.3 Å². The van der Waals surface area contributed by atoms with Gasteiger partial charge in [-0.1, -0.05) is 5.21 Å². The van der Waals surface area contributed by atoms with E-state index < -0.39 is 5.97 Å². The van der Waals surface area contributed by atoms with Gasteiger partial charge < -0.3 is 5.11 Å². The summed E-state index contributed by atoms with van der Waals surface area (Å²) < 4.78 is 1.59. The van der Waals surface area contributed by atoms with E-state index in [1.165, 1.54) is 0 Å². The quantitative estimate of drug-likeness (QED) is 0.853. The van der Waals surface area contributed by atoms with Crippen LogP contribution in [0, 0.1) is 6.92 Å². The van der Waals surface area contributed by atoms with Crippen LogP contribution in [-0.4, -0.2) is 26.1 Å². The lowest BCUT2D eigenvalue weighted by Crippen LogP contribution is -2.05. The van der Waals surface area contributed by atoms with E-state index in [9.17, 15) is 4.79 Å². The van der Waals surface area contributed by atoms with Crippen molar-refractivity contribution >= 4 is 17.3 Å². The molecule has 0 amide bonds. The van der Waals surface area contributed by atoms with Gasteiger partial charge in [-0.2, -0.15) is 11.3 Å². The summed E-state index contributed by atoms with van der Waals surface area (Å²) in [6, 6.07) is 1.98. The van der Waals surface area contributed by atoms with Crippen LogP contribution in [0.2, 0.25) is 0 Å². The van der Waals surface area contributed by atoms with Crippen LogP contribution in [-0.2, 0) is 6.54 Å². The fraction of sp³-hybridized carbons (Fsp3) is 0.222. The number of hydrogen-bond acceptors (Lipinski definition) is 4. The van der Waals surface area contributed by atoms with Crippen LogP contribution in [0.15, 0.2) is 16.8 Å². The van der Waals surface area contributed by atoms with Crippen LogP contribution >= 0.6 is 11.3 Å². The molecule has 2 aromatic heterocycles. The highest BCUT2D eigenvalue weighted by molar-refractivity contribution is 7.07. The van der Waals surface area contributed by atoms with Crippen molar-refractivity contribution in [3.63, 3.8) is 0 Å². The topological polar surface area (TPSA) is 68.0 Å². The van der Waals surface area contributed by atoms with Gasteiger partial charge in [0.05, 0.1) is 12.2 Å². The molecular weight excluding hydrogens is 214 g/mol. The van der Waals surface area contributed by atoms with Gasteiger partial charge in [-0.25, -0.2) is 9.48 Å². The number of rotatable bonds is 3. The molecule has 0 saturated heterocycles. The first-order valence-corrected chi connectivity index (χ1v) is 5.27. The molecule has 0 unspecified atom stereocenters. The molecule has 0 spiro atoms. The molecule has 0 aliphatic rings. The van der Waals surface area contributed by atoms with Crippen molar-refractivity contribution in [1.29, 1.82) is 0 Å². The van der Waals surface area contributed by atoms with E-state index in [0.29, 0.717) is 12.2 Å². The standard InChI is InChI=1S/C9H9N3O2S/c1-6-8(9(13)14)10-11-12(6)4-7-2-3-15-5-7/h2-3,5H,4H2,1H3,(H,13,14). The summed E-state index contributed by atoms with van der Waals surface area (Å²) in [5.74, 6) is -1.04. The van der Waals surface area contributed by atoms with E-state index >= 15 is 0 Å². The predicted octanol–water partition coefficient (Wildman–Crippen LogP) is 1.39. The van der Waals surface area contributed by atoms with Gasteiger partial charge in [-0.15, -0.1) is 5.10 Å². The molecule has 0 fully saturated rings. The van der Waals surface area contributed by atoms with Crippen LogP contribution in [0.3, 0.4) is 0 Å². The minimum Gasteiger partial charge on any atom is -0.476 e. The van der Waals surface area contributed by atoms with Crippen LogP contribution in [0.5, 0.6) is 0 Å². The van der Waals surface area contributed by atoms with Gasteiger partial charge >= 0.3 is 5.97 Å². The Bertz CT molecular complexity index is 476. The van der Waals surface area contributed by atoms with Gasteiger partial charge in [0.15, 0.2) is 5.69 Å². The molecule has 0 bridgehead atoms. The fourth-order valence-corrected chi connectivity index (χ4v) is 1.92.